The van der Waals surface area contributed by atoms with E-state index in [1.165, 1.54) is 0 Å². The summed E-state index contributed by atoms with van der Waals surface area (Å²) in [5, 5.41) is 5.82. The first-order valence-corrected chi connectivity index (χ1v) is 8.19. The molecule has 1 saturated carbocycles. The predicted octanol–water partition coefficient (Wildman–Crippen LogP) is 3.83. The molecule has 0 saturated heterocycles. The van der Waals surface area contributed by atoms with E-state index in [1.54, 1.807) is 0 Å². The Morgan fingerprint density at radius 2 is 1.33 bits per heavy atom. The Morgan fingerprint density at radius 1 is 0.792 bits per heavy atom. The molecule has 3 rings (SSSR count). The summed E-state index contributed by atoms with van der Waals surface area (Å²) in [6.07, 6.45) is 0.605. The van der Waals surface area contributed by atoms with Gasteiger partial charge in [0.1, 0.15) is 0 Å². The predicted molar refractivity (Wildman–Crippen MR) is 96.0 cm³/mol. The Balaban J connectivity index is 1.58. The van der Waals surface area contributed by atoms with Crippen LogP contribution in [-0.2, 0) is 9.59 Å². The van der Waals surface area contributed by atoms with Crippen LogP contribution in [0.5, 0.6) is 0 Å². The van der Waals surface area contributed by atoms with Crippen LogP contribution >= 0.6 is 0 Å². The number of carbonyl (C=O) groups is 2. The lowest BCUT2D eigenvalue weighted by Gasteiger charge is -2.08. The lowest BCUT2D eigenvalue weighted by atomic mass is 10.1. The van der Waals surface area contributed by atoms with Gasteiger partial charge in [-0.1, -0.05) is 18.2 Å². The minimum absolute atomic E-state index is 0.0793. The molecule has 2 aromatic rings. The van der Waals surface area contributed by atoms with Crippen LogP contribution in [0.3, 0.4) is 0 Å². The fraction of sp³-hybridized carbons (Fsp3) is 0.300. The van der Waals surface area contributed by atoms with Crippen LogP contribution < -0.4 is 10.6 Å². The van der Waals surface area contributed by atoms with Gasteiger partial charge in [0.15, 0.2) is 0 Å². The molecule has 1 fully saturated rings. The van der Waals surface area contributed by atoms with Gasteiger partial charge in [-0.05, 0) is 68.1 Å². The Bertz CT molecular complexity index is 778. The molecule has 2 amide bonds. The maximum Gasteiger partial charge on any atom is 0.228 e. The smallest absolute Gasteiger partial charge is 0.228 e. The summed E-state index contributed by atoms with van der Waals surface area (Å²) < 4.78 is 0. The first-order chi connectivity index (χ1) is 11.4. The monoisotopic (exact) mass is 322 g/mol. The average molecular weight is 322 g/mol. The van der Waals surface area contributed by atoms with E-state index in [4.69, 9.17) is 0 Å². The Labute approximate surface area is 142 Å². The summed E-state index contributed by atoms with van der Waals surface area (Å²) in [5.41, 5.74) is 4.87. The van der Waals surface area contributed by atoms with Crippen molar-refractivity contribution in [3.05, 3.63) is 59.2 Å². The standard InChI is InChI=1S/C20H22N2O2/c1-12-5-4-6-15(8-12)21-19(23)17-11-18(17)20(24)22-16-9-13(2)7-14(3)10-16/h4-10,17-18H,11H2,1-3H3,(H,21,23)(H,22,24). The highest BCUT2D eigenvalue weighted by atomic mass is 16.2. The molecule has 0 aliphatic heterocycles. The van der Waals surface area contributed by atoms with Crippen molar-refractivity contribution in [1.29, 1.82) is 0 Å². The summed E-state index contributed by atoms with van der Waals surface area (Å²) in [5.74, 6) is -0.641. The van der Waals surface area contributed by atoms with Crippen LogP contribution in [-0.4, -0.2) is 11.8 Å². The second-order valence-corrected chi connectivity index (χ2v) is 6.67. The maximum atomic E-state index is 12.3. The van der Waals surface area contributed by atoms with Crippen molar-refractivity contribution >= 4 is 23.2 Å². The van der Waals surface area contributed by atoms with Crippen molar-refractivity contribution < 1.29 is 9.59 Å². The fourth-order valence-electron chi connectivity index (χ4n) is 3.01. The van der Waals surface area contributed by atoms with Crippen molar-refractivity contribution in [2.24, 2.45) is 11.8 Å². The second-order valence-electron chi connectivity index (χ2n) is 6.67. The van der Waals surface area contributed by atoms with Crippen LogP contribution in [0.1, 0.15) is 23.1 Å². The molecular formula is C20H22N2O2. The van der Waals surface area contributed by atoms with Gasteiger partial charge in [-0.2, -0.15) is 0 Å². The Morgan fingerprint density at radius 3 is 1.92 bits per heavy atom. The third-order valence-corrected chi connectivity index (χ3v) is 4.24. The normalized spacial score (nSPS) is 18.8. The minimum Gasteiger partial charge on any atom is -0.326 e. The van der Waals surface area contributed by atoms with E-state index in [2.05, 4.69) is 16.7 Å². The number of carbonyl (C=O) groups excluding carboxylic acids is 2. The average Bonchev–Trinajstić information content (AvgIpc) is 3.26. The third kappa shape index (κ3) is 3.82. The number of amides is 2. The van der Waals surface area contributed by atoms with E-state index in [0.29, 0.717) is 6.42 Å². The molecule has 0 bridgehead atoms. The van der Waals surface area contributed by atoms with Crippen LogP contribution in [0.25, 0.3) is 0 Å². The van der Waals surface area contributed by atoms with Gasteiger partial charge < -0.3 is 10.6 Å². The van der Waals surface area contributed by atoms with E-state index in [-0.39, 0.29) is 23.7 Å². The SMILES string of the molecule is Cc1cccc(NC(=O)C2CC2C(=O)Nc2cc(C)cc(C)c2)c1. The number of anilines is 2. The van der Waals surface area contributed by atoms with E-state index in [1.807, 2.05) is 57.2 Å². The van der Waals surface area contributed by atoms with Gasteiger partial charge in [0.2, 0.25) is 11.8 Å². The molecule has 4 heteroatoms. The fourth-order valence-corrected chi connectivity index (χ4v) is 3.01. The number of hydrogen-bond donors (Lipinski definition) is 2. The Kier molecular flexibility index (Phi) is 4.38. The van der Waals surface area contributed by atoms with E-state index in [0.717, 1.165) is 28.1 Å². The molecule has 2 N–H and O–H groups in total. The summed E-state index contributed by atoms with van der Waals surface area (Å²) in [4.78, 5) is 24.6. The molecule has 2 unspecified atom stereocenters. The maximum absolute atomic E-state index is 12.3. The van der Waals surface area contributed by atoms with Crippen molar-refractivity contribution in [1.82, 2.24) is 0 Å². The zero-order valence-corrected chi connectivity index (χ0v) is 14.2. The lowest BCUT2D eigenvalue weighted by molar-refractivity contribution is -0.122. The molecule has 0 radical (unpaired) electrons. The van der Waals surface area contributed by atoms with Gasteiger partial charge in [0.05, 0.1) is 11.8 Å². The number of hydrogen-bond acceptors (Lipinski definition) is 2. The highest BCUT2D eigenvalue weighted by molar-refractivity contribution is 6.03. The highest BCUT2D eigenvalue weighted by Gasteiger charge is 2.48. The summed E-state index contributed by atoms with van der Waals surface area (Å²) in [6.45, 7) is 5.97. The molecule has 4 nitrogen and oxygen atoms in total. The summed E-state index contributed by atoms with van der Waals surface area (Å²) >= 11 is 0. The first-order valence-electron chi connectivity index (χ1n) is 8.19. The van der Waals surface area contributed by atoms with Crippen molar-refractivity contribution in [2.45, 2.75) is 27.2 Å². The molecule has 124 valence electrons. The lowest BCUT2D eigenvalue weighted by Crippen LogP contribution is -2.20. The summed E-state index contributed by atoms with van der Waals surface area (Å²) in [7, 11) is 0. The van der Waals surface area contributed by atoms with Crippen LogP contribution in [0, 0.1) is 32.6 Å². The molecule has 0 aromatic heterocycles. The van der Waals surface area contributed by atoms with Crippen LogP contribution in [0.15, 0.2) is 42.5 Å². The zero-order valence-electron chi connectivity index (χ0n) is 14.2. The number of rotatable bonds is 4. The minimum atomic E-state index is -0.240. The van der Waals surface area contributed by atoms with Gasteiger partial charge >= 0.3 is 0 Å². The third-order valence-electron chi connectivity index (χ3n) is 4.24. The van der Waals surface area contributed by atoms with Crippen molar-refractivity contribution in [2.75, 3.05) is 10.6 Å². The van der Waals surface area contributed by atoms with E-state index < -0.39 is 0 Å². The highest BCUT2D eigenvalue weighted by Crippen LogP contribution is 2.40. The second kappa shape index (κ2) is 6.48. The van der Waals surface area contributed by atoms with Gasteiger partial charge in [0, 0.05) is 11.4 Å². The first kappa shape index (κ1) is 16.2. The van der Waals surface area contributed by atoms with Crippen LogP contribution in [0.2, 0.25) is 0 Å². The Hall–Kier alpha value is -2.62. The molecular weight excluding hydrogens is 300 g/mol. The van der Waals surface area contributed by atoms with Gasteiger partial charge in [-0.3, -0.25) is 9.59 Å². The van der Waals surface area contributed by atoms with E-state index >= 15 is 0 Å². The van der Waals surface area contributed by atoms with Crippen molar-refractivity contribution in [3.63, 3.8) is 0 Å². The van der Waals surface area contributed by atoms with Crippen LogP contribution in [0.4, 0.5) is 11.4 Å². The van der Waals surface area contributed by atoms with E-state index in [9.17, 15) is 9.59 Å². The van der Waals surface area contributed by atoms with Gasteiger partial charge in [-0.25, -0.2) is 0 Å². The quantitative estimate of drug-likeness (QED) is 0.899. The molecule has 24 heavy (non-hydrogen) atoms. The topological polar surface area (TPSA) is 58.2 Å². The molecule has 1 aliphatic carbocycles. The molecule has 0 spiro atoms. The number of benzene rings is 2. The van der Waals surface area contributed by atoms with Gasteiger partial charge in [0.25, 0.3) is 0 Å². The number of aryl methyl sites for hydroxylation is 3. The number of nitrogens with one attached hydrogen (secondary N) is 2. The molecule has 2 aromatic carbocycles. The summed E-state index contributed by atoms with van der Waals surface area (Å²) in [6, 6.07) is 13.6. The largest absolute Gasteiger partial charge is 0.326 e. The molecule has 2 atom stereocenters. The molecule has 0 heterocycles. The van der Waals surface area contributed by atoms with Crippen molar-refractivity contribution in [3.8, 4) is 0 Å². The van der Waals surface area contributed by atoms with Gasteiger partial charge in [-0.15, -0.1) is 0 Å². The molecule has 1 aliphatic rings. The zero-order chi connectivity index (χ0) is 17.3.